The topological polar surface area (TPSA) is 50.1 Å². The summed E-state index contributed by atoms with van der Waals surface area (Å²) in [6.45, 7) is 4.27. The summed E-state index contributed by atoms with van der Waals surface area (Å²) in [6.07, 6.45) is 9.42. The fourth-order valence-electron chi connectivity index (χ4n) is 4.19. The normalized spacial score (nSPS) is 20.2. The summed E-state index contributed by atoms with van der Waals surface area (Å²) in [6, 6.07) is 8.82. The first-order chi connectivity index (χ1) is 13.8. The highest BCUT2D eigenvalue weighted by Crippen LogP contribution is 2.25. The molecule has 2 aliphatic heterocycles. The summed E-state index contributed by atoms with van der Waals surface area (Å²) in [7, 11) is 0. The molecule has 3 aromatic rings. The van der Waals surface area contributed by atoms with Crippen LogP contribution in [0.15, 0.2) is 48.9 Å². The van der Waals surface area contributed by atoms with Gasteiger partial charge in [0.1, 0.15) is 5.82 Å². The van der Waals surface area contributed by atoms with Crippen LogP contribution in [0.2, 0.25) is 0 Å². The minimum Gasteiger partial charge on any atom is -0.338 e. The molecular weight excluding hydrogens is 355 g/mol. The Labute approximate surface area is 163 Å². The zero-order valence-electron chi connectivity index (χ0n) is 15.7. The molecule has 0 amide bonds. The van der Waals surface area contributed by atoms with Crippen molar-refractivity contribution in [1.82, 2.24) is 24.6 Å². The van der Waals surface area contributed by atoms with Crippen LogP contribution in [0.3, 0.4) is 0 Å². The summed E-state index contributed by atoms with van der Waals surface area (Å²) < 4.78 is 14.9. The summed E-state index contributed by atoms with van der Waals surface area (Å²) in [5.41, 5.74) is 2.59. The third kappa shape index (κ3) is 3.38. The number of piperidine rings is 1. The molecule has 1 unspecified atom stereocenters. The molecule has 5 rings (SSSR count). The van der Waals surface area contributed by atoms with Gasteiger partial charge in [-0.1, -0.05) is 6.42 Å². The van der Waals surface area contributed by atoms with Gasteiger partial charge in [0.15, 0.2) is 0 Å². The van der Waals surface area contributed by atoms with Gasteiger partial charge in [-0.2, -0.15) is 5.10 Å². The van der Waals surface area contributed by atoms with Crippen LogP contribution >= 0.6 is 0 Å². The fourth-order valence-corrected chi connectivity index (χ4v) is 4.19. The van der Waals surface area contributed by atoms with Crippen molar-refractivity contribution >= 4 is 5.95 Å². The van der Waals surface area contributed by atoms with Crippen molar-refractivity contribution < 1.29 is 4.39 Å². The zero-order chi connectivity index (χ0) is 18.9. The Balaban J connectivity index is 1.37. The second-order valence-electron chi connectivity index (χ2n) is 7.52. The predicted molar refractivity (Wildman–Crippen MR) is 106 cm³/mol. The van der Waals surface area contributed by atoms with E-state index in [2.05, 4.69) is 19.9 Å². The van der Waals surface area contributed by atoms with E-state index in [4.69, 9.17) is 4.98 Å². The molecule has 0 N–H and O–H groups in total. The number of piperazine rings is 1. The quantitative estimate of drug-likeness (QED) is 0.701. The minimum atomic E-state index is -0.255. The molecule has 4 heterocycles. The van der Waals surface area contributed by atoms with E-state index in [9.17, 15) is 4.39 Å². The second kappa shape index (κ2) is 7.31. The van der Waals surface area contributed by atoms with Gasteiger partial charge in [0, 0.05) is 43.6 Å². The van der Waals surface area contributed by atoms with Gasteiger partial charge >= 0.3 is 0 Å². The lowest BCUT2D eigenvalue weighted by Crippen LogP contribution is -2.55. The number of hydrogen-bond donors (Lipinski definition) is 0. The van der Waals surface area contributed by atoms with Crippen molar-refractivity contribution in [3.63, 3.8) is 0 Å². The van der Waals surface area contributed by atoms with Gasteiger partial charge in [-0.05, 0) is 49.7 Å². The van der Waals surface area contributed by atoms with Gasteiger partial charge in [0.2, 0.25) is 5.95 Å². The summed E-state index contributed by atoms with van der Waals surface area (Å²) in [5, 5.41) is 4.40. The van der Waals surface area contributed by atoms with E-state index in [1.54, 1.807) is 23.0 Å². The van der Waals surface area contributed by atoms with Crippen molar-refractivity contribution in [2.24, 2.45) is 0 Å². The van der Waals surface area contributed by atoms with E-state index in [1.165, 1.54) is 37.9 Å². The molecule has 144 valence electrons. The maximum absolute atomic E-state index is 13.1. The molecule has 6 nitrogen and oxygen atoms in total. The van der Waals surface area contributed by atoms with Crippen LogP contribution in [0.5, 0.6) is 0 Å². The number of halogens is 1. The number of benzene rings is 1. The fraction of sp³-hybridized carbons (Fsp3) is 0.381. The Kier molecular flexibility index (Phi) is 4.52. The van der Waals surface area contributed by atoms with Crippen LogP contribution in [0.25, 0.3) is 16.9 Å². The molecule has 2 aromatic heterocycles. The predicted octanol–water partition coefficient (Wildman–Crippen LogP) is 3.14. The smallest absolute Gasteiger partial charge is 0.225 e. The second-order valence-corrected chi connectivity index (χ2v) is 7.52. The largest absolute Gasteiger partial charge is 0.338 e. The molecule has 0 radical (unpaired) electrons. The highest BCUT2D eigenvalue weighted by Gasteiger charge is 2.30. The number of hydrogen-bond acceptors (Lipinski definition) is 5. The van der Waals surface area contributed by atoms with Gasteiger partial charge in [-0.15, -0.1) is 0 Å². The molecular formula is C21H23FN6. The Morgan fingerprint density at radius 1 is 1.00 bits per heavy atom. The van der Waals surface area contributed by atoms with Crippen LogP contribution in [0.1, 0.15) is 19.3 Å². The van der Waals surface area contributed by atoms with Crippen LogP contribution in [-0.4, -0.2) is 56.9 Å². The third-order valence-electron chi connectivity index (χ3n) is 5.73. The molecule has 2 aliphatic rings. The molecule has 0 spiro atoms. The maximum Gasteiger partial charge on any atom is 0.225 e. The highest BCUT2D eigenvalue weighted by atomic mass is 19.1. The molecule has 1 aromatic carbocycles. The summed E-state index contributed by atoms with van der Waals surface area (Å²) in [5.74, 6) is 0.534. The minimum absolute atomic E-state index is 0.255. The van der Waals surface area contributed by atoms with Gasteiger partial charge in [-0.3, -0.25) is 4.90 Å². The molecule has 0 saturated carbocycles. The van der Waals surface area contributed by atoms with E-state index < -0.39 is 0 Å². The van der Waals surface area contributed by atoms with E-state index in [0.717, 1.165) is 42.5 Å². The Hall–Kier alpha value is -2.80. The lowest BCUT2D eigenvalue weighted by atomic mass is 10.00. The van der Waals surface area contributed by atoms with Crippen LogP contribution < -0.4 is 4.90 Å². The van der Waals surface area contributed by atoms with E-state index in [0.29, 0.717) is 6.04 Å². The van der Waals surface area contributed by atoms with E-state index in [-0.39, 0.29) is 5.82 Å². The average molecular weight is 378 g/mol. The summed E-state index contributed by atoms with van der Waals surface area (Å²) >= 11 is 0. The average Bonchev–Trinajstić information content (AvgIpc) is 3.24. The van der Waals surface area contributed by atoms with Gasteiger partial charge in [0.25, 0.3) is 0 Å². The van der Waals surface area contributed by atoms with Crippen molar-refractivity contribution in [3.8, 4) is 16.9 Å². The lowest BCUT2D eigenvalue weighted by molar-refractivity contribution is 0.133. The Bertz CT molecular complexity index is 954. The molecule has 0 bridgehead atoms. The van der Waals surface area contributed by atoms with Gasteiger partial charge in [-0.25, -0.2) is 19.0 Å². The Morgan fingerprint density at radius 3 is 2.79 bits per heavy atom. The SMILES string of the molecule is Fc1ccc(-n2cc(-c3ccnc(N4CCN5CCCCC5C4)n3)cn2)cc1. The van der Waals surface area contributed by atoms with Crippen LogP contribution in [0, 0.1) is 5.82 Å². The zero-order valence-corrected chi connectivity index (χ0v) is 15.7. The van der Waals surface area contributed by atoms with E-state index in [1.807, 2.05) is 18.5 Å². The van der Waals surface area contributed by atoms with Crippen molar-refractivity contribution in [3.05, 3.63) is 54.7 Å². The maximum atomic E-state index is 13.1. The molecule has 0 aliphatic carbocycles. The highest BCUT2D eigenvalue weighted by molar-refractivity contribution is 5.59. The molecule has 2 saturated heterocycles. The number of aromatic nitrogens is 4. The van der Waals surface area contributed by atoms with Gasteiger partial charge < -0.3 is 4.90 Å². The first-order valence-corrected chi connectivity index (χ1v) is 9.89. The number of fused-ring (bicyclic) bond motifs is 1. The van der Waals surface area contributed by atoms with Gasteiger partial charge in [0.05, 0.1) is 17.6 Å². The standard InChI is InChI=1S/C21H23FN6/c22-17-4-6-18(7-5-17)28-14-16(13-24-28)20-8-9-23-21(25-20)27-12-11-26-10-2-1-3-19(26)15-27/h4-9,13-14,19H,1-3,10-12,15H2. The van der Waals surface area contributed by atoms with E-state index >= 15 is 0 Å². The molecule has 1 atom stereocenters. The van der Waals surface area contributed by atoms with Crippen molar-refractivity contribution in [2.75, 3.05) is 31.1 Å². The summed E-state index contributed by atoms with van der Waals surface area (Å²) in [4.78, 5) is 14.3. The lowest BCUT2D eigenvalue weighted by Gasteiger charge is -2.44. The molecule has 7 heteroatoms. The molecule has 2 fully saturated rings. The number of anilines is 1. The van der Waals surface area contributed by atoms with Crippen molar-refractivity contribution in [1.29, 1.82) is 0 Å². The monoisotopic (exact) mass is 378 g/mol. The first kappa shape index (κ1) is 17.3. The number of rotatable bonds is 3. The van der Waals surface area contributed by atoms with Crippen LogP contribution in [0.4, 0.5) is 10.3 Å². The van der Waals surface area contributed by atoms with Crippen LogP contribution in [-0.2, 0) is 0 Å². The Morgan fingerprint density at radius 2 is 1.89 bits per heavy atom. The number of nitrogens with zero attached hydrogens (tertiary/aromatic N) is 6. The first-order valence-electron chi connectivity index (χ1n) is 9.89. The third-order valence-corrected chi connectivity index (χ3v) is 5.73. The molecule has 28 heavy (non-hydrogen) atoms. The van der Waals surface area contributed by atoms with Crippen molar-refractivity contribution in [2.45, 2.75) is 25.3 Å².